The van der Waals surface area contributed by atoms with Gasteiger partial charge in [-0.3, -0.25) is 19.2 Å². The number of benzene rings is 2. The monoisotopic (exact) mass is 683 g/mol. The van der Waals surface area contributed by atoms with Gasteiger partial charge in [0, 0.05) is 11.5 Å². The highest BCUT2D eigenvalue weighted by molar-refractivity contribution is 6.58. The summed E-state index contributed by atoms with van der Waals surface area (Å²) in [5.41, 5.74) is 3.57. The fourth-order valence-electron chi connectivity index (χ4n) is 7.29. The number of anilines is 1. The van der Waals surface area contributed by atoms with E-state index in [-0.39, 0.29) is 39.3 Å². The number of halogens is 7. The largest absolute Gasteiger partial charge is 0.507 e. The maximum absolute atomic E-state index is 15.1. The molecule has 0 radical (unpaired) electrons. The summed E-state index contributed by atoms with van der Waals surface area (Å²) >= 11 is 14.0. The van der Waals surface area contributed by atoms with E-state index in [0.717, 1.165) is 0 Å². The van der Waals surface area contributed by atoms with E-state index in [0.29, 0.717) is 0 Å². The van der Waals surface area contributed by atoms with Crippen LogP contribution in [-0.2, 0) is 25.6 Å². The normalized spacial score (nSPS) is 30.3. The number of aromatic hydroxyl groups is 1. The minimum absolute atomic E-state index is 0.0883. The molecule has 16 heteroatoms. The third-order valence-electron chi connectivity index (χ3n) is 9.27. The van der Waals surface area contributed by atoms with Gasteiger partial charge in [0.15, 0.2) is 33.0 Å². The Kier molecular flexibility index (Phi) is 7.13. The van der Waals surface area contributed by atoms with Crippen molar-refractivity contribution in [2.24, 2.45) is 23.5 Å². The molecule has 0 bridgehead atoms. The number of imide groups is 4. The number of nitrogens with zero attached hydrogens (tertiary/aromatic N) is 2. The molecule has 1 saturated carbocycles. The van der Waals surface area contributed by atoms with Gasteiger partial charge in [-0.2, -0.15) is 4.90 Å². The molecule has 2 heterocycles. The second kappa shape index (κ2) is 10.4. The summed E-state index contributed by atoms with van der Waals surface area (Å²) in [4.78, 5) is 61.2. The second-order valence-corrected chi connectivity index (χ2v) is 12.6. The Labute approximate surface area is 266 Å². The summed E-state index contributed by atoms with van der Waals surface area (Å²) in [5.74, 6) is -23.8. The van der Waals surface area contributed by atoms with Gasteiger partial charge in [0.1, 0.15) is 11.4 Å². The number of fused-ring (bicyclic) bond motifs is 4. The van der Waals surface area contributed by atoms with Crippen LogP contribution in [0.25, 0.3) is 0 Å². The van der Waals surface area contributed by atoms with Crippen LogP contribution in [0.4, 0.5) is 32.4 Å². The second-order valence-electron chi connectivity index (χ2n) is 11.4. The first-order chi connectivity index (χ1) is 21.6. The quantitative estimate of drug-likeness (QED) is 0.122. The Hall–Kier alpha value is -4.30. The van der Waals surface area contributed by atoms with E-state index in [1.807, 2.05) is 0 Å². The van der Waals surface area contributed by atoms with E-state index in [9.17, 15) is 42.3 Å². The van der Waals surface area contributed by atoms with Gasteiger partial charge < -0.3 is 10.8 Å². The number of likely N-dealkylation sites (tertiary alicyclic amines) is 1. The first-order valence-corrected chi connectivity index (χ1v) is 14.4. The van der Waals surface area contributed by atoms with Crippen LogP contribution in [0.15, 0.2) is 42.5 Å². The van der Waals surface area contributed by atoms with Gasteiger partial charge in [0.25, 0.3) is 11.8 Å². The number of phenols is 1. The van der Waals surface area contributed by atoms with E-state index in [1.54, 1.807) is 0 Å². The number of rotatable bonds is 4. The Morgan fingerprint density at radius 2 is 1.59 bits per heavy atom. The molecule has 6 amide bonds. The lowest BCUT2D eigenvalue weighted by Gasteiger charge is -2.50. The summed E-state index contributed by atoms with van der Waals surface area (Å²) in [7, 11) is 0. The van der Waals surface area contributed by atoms with E-state index < -0.39 is 110 Å². The Balaban J connectivity index is 1.63. The maximum Gasteiger partial charge on any atom is 0.328 e. The summed E-state index contributed by atoms with van der Waals surface area (Å²) in [6.45, 7) is 3.61. The molecule has 240 valence electrons. The van der Waals surface area contributed by atoms with Crippen molar-refractivity contribution in [3.8, 4) is 5.75 Å². The number of hydrogen-bond acceptors (Lipinski definition) is 6. The number of carbonyl (C=O) groups is 5. The first kappa shape index (κ1) is 31.7. The van der Waals surface area contributed by atoms with Gasteiger partial charge in [0.05, 0.1) is 11.8 Å². The van der Waals surface area contributed by atoms with Gasteiger partial charge >= 0.3 is 6.03 Å². The first-order valence-electron chi connectivity index (χ1n) is 13.6. The zero-order chi connectivity index (χ0) is 33.8. The number of primary amides is 1. The van der Waals surface area contributed by atoms with Crippen molar-refractivity contribution >= 4 is 58.5 Å². The molecule has 3 fully saturated rings. The predicted molar refractivity (Wildman–Crippen MR) is 150 cm³/mol. The molecule has 2 aliphatic heterocycles. The number of hydrogen-bond donors (Lipinski definition) is 2. The molecule has 3 N–H and O–H groups in total. The van der Waals surface area contributed by atoms with E-state index in [1.165, 1.54) is 30.4 Å². The van der Waals surface area contributed by atoms with Crippen molar-refractivity contribution < 1.29 is 51.0 Å². The Morgan fingerprint density at radius 1 is 0.978 bits per heavy atom. The summed E-state index contributed by atoms with van der Waals surface area (Å²) in [5, 5.41) is 11.4. The van der Waals surface area contributed by atoms with Gasteiger partial charge in [-0.05, 0) is 30.7 Å². The van der Waals surface area contributed by atoms with Crippen molar-refractivity contribution in [1.29, 1.82) is 0 Å². The fraction of sp³-hybridized carbons (Fsp3) is 0.300. The Bertz CT molecular complexity index is 1840. The van der Waals surface area contributed by atoms with E-state index >= 15 is 8.78 Å². The van der Waals surface area contributed by atoms with Crippen molar-refractivity contribution in [2.75, 3.05) is 4.90 Å². The van der Waals surface area contributed by atoms with Gasteiger partial charge in [-0.25, -0.2) is 31.6 Å². The lowest BCUT2D eigenvalue weighted by molar-refractivity contribution is -0.136. The summed E-state index contributed by atoms with van der Waals surface area (Å²) in [6, 6.07) is 2.87. The zero-order valence-electron chi connectivity index (χ0n) is 23.1. The van der Waals surface area contributed by atoms with Gasteiger partial charge in [0.2, 0.25) is 17.6 Å². The minimum Gasteiger partial charge on any atom is -0.507 e. The number of allylic oxidation sites excluding steroid dienone is 3. The number of amides is 6. The number of urea groups is 1. The van der Waals surface area contributed by atoms with Crippen LogP contribution in [0.3, 0.4) is 0 Å². The molecule has 0 aromatic heterocycles. The average Bonchev–Trinajstić information content (AvgIpc) is 3.35. The van der Waals surface area contributed by atoms with Crippen LogP contribution in [0.2, 0.25) is 0 Å². The van der Waals surface area contributed by atoms with Gasteiger partial charge in [-0.15, -0.1) is 29.8 Å². The molecule has 0 unspecified atom stereocenters. The molecule has 9 nitrogen and oxygen atoms in total. The lowest BCUT2D eigenvalue weighted by Crippen LogP contribution is -2.60. The Morgan fingerprint density at radius 3 is 2.17 bits per heavy atom. The number of alkyl halides is 2. The molecule has 2 aliphatic carbocycles. The molecular formula is C30H20Cl2F5N3O6. The molecule has 2 saturated heterocycles. The van der Waals surface area contributed by atoms with Crippen LogP contribution in [0.5, 0.6) is 5.75 Å². The van der Waals surface area contributed by atoms with Crippen LogP contribution in [0, 0.1) is 46.8 Å². The molecule has 2 aromatic rings. The highest BCUT2D eigenvalue weighted by Gasteiger charge is 2.77. The predicted octanol–water partition coefficient (Wildman–Crippen LogP) is 4.46. The summed E-state index contributed by atoms with van der Waals surface area (Å²) in [6.07, 6.45) is 1.98. The van der Waals surface area contributed by atoms with Gasteiger partial charge in [-0.1, -0.05) is 35.9 Å². The molecule has 46 heavy (non-hydrogen) atoms. The van der Waals surface area contributed by atoms with E-state index in [4.69, 9.17) is 28.9 Å². The zero-order valence-corrected chi connectivity index (χ0v) is 24.6. The third kappa shape index (κ3) is 3.76. The van der Waals surface area contributed by atoms with Crippen LogP contribution >= 0.6 is 23.2 Å². The van der Waals surface area contributed by atoms with Crippen LogP contribution < -0.4 is 10.6 Å². The highest BCUT2D eigenvalue weighted by atomic mass is 35.5. The summed E-state index contributed by atoms with van der Waals surface area (Å²) < 4.78 is 72.7. The third-order valence-corrected chi connectivity index (χ3v) is 10.7. The van der Waals surface area contributed by atoms with Crippen molar-refractivity contribution in [1.82, 2.24) is 4.90 Å². The average molecular weight is 684 g/mol. The fourth-order valence-corrected chi connectivity index (χ4v) is 8.22. The lowest BCUT2D eigenvalue weighted by atomic mass is 9.56. The standard InChI is InChI=1S/C30H20Cl2F5N3O6/c1-2-4-10-5-3-6-13(23(10)41)16-11-7-8-12-15(25(43)40(24(12)42)28(38)46)14(11)9-29(31)26(44)39(27(45)30(16,29)32)22-20(36)18(34)17(33)19(35)21(22)37/h2-3,5-7,12,14-16,41H,1,4,8-9H2,(H2,38,46)/t12-,14+,15-,16+,29+,30-/m0/s1. The molecule has 4 aliphatic rings. The molecular weight excluding hydrogens is 664 g/mol. The highest BCUT2D eigenvalue weighted by Crippen LogP contribution is 2.66. The van der Waals surface area contributed by atoms with E-state index in [2.05, 4.69) is 6.58 Å². The number of para-hydroxylation sites is 1. The maximum atomic E-state index is 15.1. The smallest absolute Gasteiger partial charge is 0.328 e. The number of nitrogens with two attached hydrogens (primary N) is 1. The van der Waals surface area contributed by atoms with Crippen LogP contribution in [0.1, 0.15) is 29.9 Å². The minimum atomic E-state index is -2.81. The SMILES string of the molecule is C=CCc1cccc([C@H]2C3=CC[C@@H]4C(=O)N(C(N)=O)C(=O)[C@@H]4[C@@H]3C[C@@]3(Cl)C(=O)N(c4c(F)c(F)c(F)c(F)c4F)C(=O)[C@@]23Cl)c1O. The van der Waals surface area contributed by atoms with Crippen molar-refractivity contribution in [2.45, 2.75) is 34.9 Å². The molecule has 6 rings (SSSR count). The molecule has 2 aromatic carbocycles. The molecule has 0 spiro atoms. The van der Waals surface area contributed by atoms with Crippen LogP contribution in [-0.4, -0.2) is 49.4 Å². The van der Waals surface area contributed by atoms with Crippen molar-refractivity contribution in [3.05, 3.63) is 82.7 Å². The van der Waals surface area contributed by atoms with Crippen molar-refractivity contribution in [3.63, 3.8) is 0 Å². The molecule has 6 atom stereocenters. The number of carbonyl (C=O) groups excluding carboxylic acids is 5. The topological polar surface area (TPSA) is 138 Å². The number of phenolic OH excluding ortho intramolecular Hbond substituents is 1.